The molecule has 0 fully saturated rings. The summed E-state index contributed by atoms with van der Waals surface area (Å²) in [7, 11) is -3.55. The zero-order chi connectivity index (χ0) is 20.7. The molecule has 0 aliphatic rings. The third-order valence-electron chi connectivity index (χ3n) is 4.22. The second-order valence-corrected chi connectivity index (χ2v) is 8.01. The number of benzene rings is 2. The number of sulfonamides is 1. The minimum atomic E-state index is -3.55. The maximum atomic E-state index is 13.0. The molecule has 2 rings (SSSR count). The van der Waals surface area contributed by atoms with Crippen LogP contribution in [0.15, 0.2) is 53.4 Å². The van der Waals surface area contributed by atoms with Crippen molar-refractivity contribution in [2.24, 2.45) is 0 Å². The highest BCUT2D eigenvalue weighted by Crippen LogP contribution is 2.19. The van der Waals surface area contributed by atoms with E-state index in [1.165, 1.54) is 40.7 Å². The first-order valence-electron chi connectivity index (χ1n) is 9.15. The SMILES string of the molecule is CCC(Oc1ccc(F)cc1)C(=O)Nc1ccc(S(=O)(=O)N(CC)CC)cc1. The van der Waals surface area contributed by atoms with Gasteiger partial charge in [0, 0.05) is 18.8 Å². The second-order valence-electron chi connectivity index (χ2n) is 6.07. The Morgan fingerprint density at radius 3 is 2.11 bits per heavy atom. The van der Waals surface area contributed by atoms with Crippen molar-refractivity contribution < 1.29 is 22.3 Å². The van der Waals surface area contributed by atoms with Gasteiger partial charge in [0.1, 0.15) is 11.6 Å². The van der Waals surface area contributed by atoms with E-state index >= 15 is 0 Å². The van der Waals surface area contributed by atoms with Gasteiger partial charge in [0.2, 0.25) is 10.0 Å². The van der Waals surface area contributed by atoms with Crippen LogP contribution in [0.3, 0.4) is 0 Å². The van der Waals surface area contributed by atoms with Crippen LogP contribution in [0.1, 0.15) is 27.2 Å². The number of amides is 1. The predicted molar refractivity (Wildman–Crippen MR) is 106 cm³/mol. The summed E-state index contributed by atoms with van der Waals surface area (Å²) in [6, 6.07) is 11.4. The van der Waals surface area contributed by atoms with Gasteiger partial charge in [-0.15, -0.1) is 0 Å². The van der Waals surface area contributed by atoms with E-state index in [1.807, 2.05) is 0 Å². The summed E-state index contributed by atoms with van der Waals surface area (Å²) in [5.41, 5.74) is 0.463. The van der Waals surface area contributed by atoms with Gasteiger partial charge in [-0.2, -0.15) is 4.31 Å². The molecule has 2 aromatic carbocycles. The predicted octanol–water partition coefficient (Wildman–Crippen LogP) is 3.65. The fourth-order valence-electron chi connectivity index (χ4n) is 2.65. The Morgan fingerprint density at radius 1 is 1.04 bits per heavy atom. The first kappa shape index (κ1) is 21.8. The van der Waals surface area contributed by atoms with Crippen LogP contribution in [0.4, 0.5) is 10.1 Å². The van der Waals surface area contributed by atoms with Gasteiger partial charge in [0.15, 0.2) is 6.10 Å². The molecule has 0 radical (unpaired) electrons. The molecule has 0 aliphatic carbocycles. The number of rotatable bonds is 9. The van der Waals surface area contributed by atoms with Gasteiger partial charge in [-0.1, -0.05) is 20.8 Å². The number of carbonyl (C=O) groups excluding carboxylic acids is 1. The standard InChI is InChI=1S/C20H25FN2O4S/c1-4-19(27-17-11-7-15(21)8-12-17)20(24)22-16-9-13-18(14-10-16)28(25,26)23(5-2)6-3/h7-14,19H,4-6H2,1-3H3,(H,22,24). The number of hydrogen-bond donors (Lipinski definition) is 1. The van der Waals surface area contributed by atoms with Gasteiger partial charge in [0.25, 0.3) is 5.91 Å². The summed E-state index contributed by atoms with van der Waals surface area (Å²) in [5, 5.41) is 2.71. The summed E-state index contributed by atoms with van der Waals surface area (Å²) in [4.78, 5) is 12.6. The van der Waals surface area contributed by atoms with Crippen molar-refractivity contribution in [2.45, 2.75) is 38.2 Å². The smallest absolute Gasteiger partial charge is 0.265 e. The Labute approximate surface area is 165 Å². The molecule has 1 amide bonds. The molecule has 0 bridgehead atoms. The van der Waals surface area contributed by atoms with Crippen molar-refractivity contribution in [1.82, 2.24) is 4.31 Å². The number of hydrogen-bond acceptors (Lipinski definition) is 4. The molecule has 0 saturated carbocycles. The maximum absolute atomic E-state index is 13.0. The molecular formula is C20H25FN2O4S. The van der Waals surface area contributed by atoms with Crippen molar-refractivity contribution in [3.8, 4) is 5.75 Å². The maximum Gasteiger partial charge on any atom is 0.265 e. The van der Waals surface area contributed by atoms with Crippen LogP contribution in [0, 0.1) is 5.82 Å². The summed E-state index contributed by atoms with van der Waals surface area (Å²) in [6.45, 7) is 6.13. The fourth-order valence-corrected chi connectivity index (χ4v) is 4.10. The molecular weight excluding hydrogens is 383 g/mol. The lowest BCUT2D eigenvalue weighted by atomic mass is 10.2. The highest BCUT2D eigenvalue weighted by Gasteiger charge is 2.22. The zero-order valence-corrected chi connectivity index (χ0v) is 17.0. The fraction of sp³-hybridized carbons (Fsp3) is 0.350. The molecule has 2 aromatic rings. The van der Waals surface area contributed by atoms with Crippen LogP contribution >= 0.6 is 0 Å². The molecule has 0 aromatic heterocycles. The Bertz CT molecular complexity index is 879. The topological polar surface area (TPSA) is 75.7 Å². The third kappa shape index (κ3) is 5.30. The van der Waals surface area contributed by atoms with Crippen LogP contribution in [0.5, 0.6) is 5.75 Å². The normalized spacial score (nSPS) is 12.6. The van der Waals surface area contributed by atoms with Crippen LogP contribution in [0.2, 0.25) is 0 Å². The summed E-state index contributed by atoms with van der Waals surface area (Å²) in [5.74, 6) is -0.361. The van der Waals surface area contributed by atoms with Crippen molar-refractivity contribution in [3.63, 3.8) is 0 Å². The number of halogens is 1. The summed E-state index contributed by atoms with van der Waals surface area (Å²) < 4.78 is 45.0. The Balaban J connectivity index is 2.07. The molecule has 1 atom stereocenters. The van der Waals surface area contributed by atoms with E-state index in [2.05, 4.69) is 5.32 Å². The van der Waals surface area contributed by atoms with E-state index in [9.17, 15) is 17.6 Å². The lowest BCUT2D eigenvalue weighted by Crippen LogP contribution is -2.32. The molecule has 1 unspecified atom stereocenters. The van der Waals surface area contributed by atoms with Crippen LogP contribution < -0.4 is 10.1 Å². The van der Waals surface area contributed by atoms with Crippen LogP contribution in [-0.4, -0.2) is 37.8 Å². The van der Waals surface area contributed by atoms with E-state index in [0.717, 1.165) is 0 Å². The summed E-state index contributed by atoms with van der Waals surface area (Å²) in [6.07, 6.45) is -0.345. The molecule has 152 valence electrons. The lowest BCUT2D eigenvalue weighted by Gasteiger charge is -2.19. The van der Waals surface area contributed by atoms with Crippen molar-refractivity contribution >= 4 is 21.6 Å². The van der Waals surface area contributed by atoms with E-state index in [-0.39, 0.29) is 16.6 Å². The van der Waals surface area contributed by atoms with E-state index in [1.54, 1.807) is 32.9 Å². The molecule has 8 heteroatoms. The van der Waals surface area contributed by atoms with Crippen LogP contribution in [-0.2, 0) is 14.8 Å². The number of carbonyl (C=O) groups is 1. The Hall–Kier alpha value is -2.45. The van der Waals surface area contributed by atoms with E-state index < -0.39 is 16.1 Å². The van der Waals surface area contributed by atoms with Crippen LogP contribution in [0.25, 0.3) is 0 Å². The average molecular weight is 408 g/mol. The first-order valence-corrected chi connectivity index (χ1v) is 10.6. The van der Waals surface area contributed by atoms with Crippen molar-refractivity contribution in [1.29, 1.82) is 0 Å². The summed E-state index contributed by atoms with van der Waals surface area (Å²) >= 11 is 0. The van der Waals surface area contributed by atoms with Gasteiger partial charge in [-0.05, 0) is 55.0 Å². The first-order chi connectivity index (χ1) is 13.3. The molecule has 1 N–H and O–H groups in total. The molecule has 0 saturated heterocycles. The number of ether oxygens (including phenoxy) is 1. The zero-order valence-electron chi connectivity index (χ0n) is 16.2. The number of anilines is 1. The Morgan fingerprint density at radius 2 is 1.61 bits per heavy atom. The lowest BCUT2D eigenvalue weighted by molar-refractivity contribution is -0.122. The third-order valence-corrected chi connectivity index (χ3v) is 6.28. The largest absolute Gasteiger partial charge is 0.481 e. The molecule has 0 heterocycles. The van der Waals surface area contributed by atoms with Gasteiger partial charge in [-0.25, -0.2) is 12.8 Å². The van der Waals surface area contributed by atoms with Gasteiger partial charge >= 0.3 is 0 Å². The highest BCUT2D eigenvalue weighted by atomic mass is 32.2. The minimum absolute atomic E-state index is 0.170. The molecule has 28 heavy (non-hydrogen) atoms. The number of nitrogens with one attached hydrogen (secondary N) is 1. The molecule has 0 aliphatic heterocycles. The van der Waals surface area contributed by atoms with Gasteiger partial charge < -0.3 is 10.1 Å². The van der Waals surface area contributed by atoms with E-state index in [4.69, 9.17) is 4.74 Å². The van der Waals surface area contributed by atoms with Gasteiger partial charge in [0.05, 0.1) is 4.90 Å². The Kier molecular flexibility index (Phi) is 7.53. The highest BCUT2D eigenvalue weighted by molar-refractivity contribution is 7.89. The van der Waals surface area contributed by atoms with Crippen molar-refractivity contribution in [3.05, 3.63) is 54.3 Å². The minimum Gasteiger partial charge on any atom is -0.481 e. The molecule has 0 spiro atoms. The second kappa shape index (κ2) is 9.66. The molecule has 6 nitrogen and oxygen atoms in total. The van der Waals surface area contributed by atoms with E-state index in [0.29, 0.717) is 30.9 Å². The van der Waals surface area contributed by atoms with Gasteiger partial charge in [-0.3, -0.25) is 4.79 Å². The van der Waals surface area contributed by atoms with Crippen molar-refractivity contribution in [2.75, 3.05) is 18.4 Å². The average Bonchev–Trinajstić information content (AvgIpc) is 2.68. The monoisotopic (exact) mass is 408 g/mol. The quantitative estimate of drug-likeness (QED) is 0.687. The number of nitrogens with zero attached hydrogens (tertiary/aromatic N) is 1.